The van der Waals surface area contributed by atoms with Crippen molar-refractivity contribution in [3.8, 4) is 11.3 Å². The second-order valence-corrected chi connectivity index (χ2v) is 10.7. The maximum Gasteiger partial charge on any atom is 0.254 e. The minimum absolute atomic E-state index is 0.107. The summed E-state index contributed by atoms with van der Waals surface area (Å²) in [6.45, 7) is 5.99. The van der Waals surface area contributed by atoms with E-state index in [1.807, 2.05) is 51.5 Å². The lowest BCUT2D eigenvalue weighted by molar-refractivity contribution is 0.0110. The number of pyridine rings is 2. The highest BCUT2D eigenvalue weighted by Gasteiger charge is 2.32. The normalized spacial score (nSPS) is 17.7. The summed E-state index contributed by atoms with van der Waals surface area (Å²) in [5.41, 5.74) is 5.47. The highest BCUT2D eigenvalue weighted by Crippen LogP contribution is 2.36. The van der Waals surface area contributed by atoms with E-state index < -0.39 is 5.60 Å². The number of amides is 1. The van der Waals surface area contributed by atoms with E-state index in [0.717, 1.165) is 59.3 Å². The number of fused-ring (bicyclic) bond motifs is 2. The molecule has 0 aliphatic carbocycles. The fraction of sp³-hybridized carbons (Fsp3) is 0.345. The van der Waals surface area contributed by atoms with E-state index >= 15 is 0 Å². The summed E-state index contributed by atoms with van der Waals surface area (Å²) in [5.74, 6) is 0.775. The molecule has 1 atom stereocenters. The van der Waals surface area contributed by atoms with Crippen LogP contribution in [0.4, 0.5) is 17.2 Å². The Morgan fingerprint density at radius 3 is 2.78 bits per heavy atom. The maximum absolute atomic E-state index is 12.9. The summed E-state index contributed by atoms with van der Waals surface area (Å²) in [7, 11) is 2.03. The van der Waals surface area contributed by atoms with Gasteiger partial charge >= 0.3 is 0 Å². The van der Waals surface area contributed by atoms with Crippen molar-refractivity contribution in [3.05, 3.63) is 66.1 Å². The Hall–Kier alpha value is -3.91. The molecule has 0 saturated carbocycles. The van der Waals surface area contributed by atoms with Crippen molar-refractivity contribution < 1.29 is 9.90 Å². The first-order valence-electron chi connectivity index (χ1n) is 12.8. The lowest BCUT2D eigenvalue weighted by atomic mass is 9.84. The van der Waals surface area contributed by atoms with Crippen LogP contribution in [0.3, 0.4) is 0 Å². The van der Waals surface area contributed by atoms with Crippen molar-refractivity contribution in [1.82, 2.24) is 19.9 Å². The number of hydrogen-bond acceptors (Lipinski definition) is 6. The molecule has 2 aliphatic rings. The van der Waals surface area contributed by atoms with Crippen LogP contribution in [0.25, 0.3) is 22.2 Å². The molecule has 8 nitrogen and oxygen atoms in total. The third kappa shape index (κ3) is 4.21. The van der Waals surface area contributed by atoms with Gasteiger partial charge in [-0.3, -0.25) is 9.78 Å². The predicted octanol–water partition coefficient (Wildman–Crippen LogP) is 4.61. The first-order chi connectivity index (χ1) is 17.8. The number of aliphatic hydroxyl groups is 1. The fourth-order valence-corrected chi connectivity index (χ4v) is 5.65. The van der Waals surface area contributed by atoms with Gasteiger partial charge in [0.15, 0.2) is 0 Å². The molecule has 2 aliphatic heterocycles. The Morgan fingerprint density at radius 2 is 2.00 bits per heavy atom. The molecule has 1 fully saturated rings. The van der Waals surface area contributed by atoms with Gasteiger partial charge in [-0.05, 0) is 51.0 Å². The summed E-state index contributed by atoms with van der Waals surface area (Å²) in [4.78, 5) is 24.6. The first-order valence-corrected chi connectivity index (χ1v) is 12.8. The van der Waals surface area contributed by atoms with E-state index in [0.29, 0.717) is 23.6 Å². The third-order valence-corrected chi connectivity index (χ3v) is 7.81. The molecule has 190 valence electrons. The average Bonchev–Trinajstić information content (AvgIpc) is 3.47. The first kappa shape index (κ1) is 23.5. The van der Waals surface area contributed by atoms with Crippen LogP contribution in [-0.4, -0.2) is 44.2 Å². The Kier molecular flexibility index (Phi) is 5.64. The quantitative estimate of drug-likeness (QED) is 0.374. The monoisotopic (exact) mass is 496 g/mol. The van der Waals surface area contributed by atoms with Gasteiger partial charge in [0.25, 0.3) is 5.91 Å². The average molecular weight is 497 g/mol. The number of aryl methyl sites for hydroxylation is 1. The van der Waals surface area contributed by atoms with Gasteiger partial charge in [-0.2, -0.15) is 0 Å². The van der Waals surface area contributed by atoms with Gasteiger partial charge in [0.05, 0.1) is 40.6 Å². The third-order valence-electron chi connectivity index (χ3n) is 7.81. The molecule has 0 spiro atoms. The lowest BCUT2D eigenvalue weighted by Gasteiger charge is -2.39. The summed E-state index contributed by atoms with van der Waals surface area (Å²) < 4.78 is 2.09. The number of nitrogens with one attached hydrogen (secondary N) is 2. The maximum atomic E-state index is 12.9. The van der Waals surface area contributed by atoms with E-state index in [4.69, 9.17) is 4.98 Å². The molecule has 37 heavy (non-hydrogen) atoms. The molecule has 3 aromatic heterocycles. The fourth-order valence-electron chi connectivity index (χ4n) is 5.65. The van der Waals surface area contributed by atoms with Crippen molar-refractivity contribution in [1.29, 1.82) is 0 Å². The van der Waals surface area contributed by atoms with Crippen molar-refractivity contribution in [3.63, 3.8) is 0 Å². The largest absolute Gasteiger partial charge is 0.390 e. The van der Waals surface area contributed by atoms with Crippen LogP contribution in [0.15, 0.2) is 55.0 Å². The zero-order valence-corrected chi connectivity index (χ0v) is 21.5. The van der Waals surface area contributed by atoms with Crippen LogP contribution in [0.5, 0.6) is 0 Å². The van der Waals surface area contributed by atoms with Gasteiger partial charge in [0.1, 0.15) is 5.82 Å². The summed E-state index contributed by atoms with van der Waals surface area (Å²) >= 11 is 0. The van der Waals surface area contributed by atoms with E-state index in [2.05, 4.69) is 43.3 Å². The molecule has 4 aromatic rings. The number of piperidine rings is 1. The number of anilines is 3. The van der Waals surface area contributed by atoms with Gasteiger partial charge in [-0.1, -0.05) is 12.1 Å². The molecule has 5 heterocycles. The SMILES string of the molecule is Cn1ccc2c(-c3ncc(Nc4ccc(N5CCC[C@@H](C(C)(C)O)C5)cn4)c4c3CNC4=O)cccc21. The second kappa shape index (κ2) is 8.88. The number of carbonyl (C=O) groups excluding carboxylic acids is 1. The predicted molar refractivity (Wildman–Crippen MR) is 146 cm³/mol. The zero-order valence-electron chi connectivity index (χ0n) is 21.5. The van der Waals surface area contributed by atoms with E-state index in [9.17, 15) is 9.90 Å². The molecule has 1 saturated heterocycles. The molecule has 6 rings (SSSR count). The minimum Gasteiger partial charge on any atom is -0.390 e. The number of nitrogens with zero attached hydrogens (tertiary/aromatic N) is 4. The second-order valence-electron chi connectivity index (χ2n) is 10.7. The van der Waals surface area contributed by atoms with Crippen molar-refractivity contribution >= 4 is 34.0 Å². The molecule has 1 amide bonds. The van der Waals surface area contributed by atoms with Gasteiger partial charge in [0, 0.05) is 60.8 Å². The van der Waals surface area contributed by atoms with E-state index in [1.165, 1.54) is 0 Å². The van der Waals surface area contributed by atoms with Crippen LogP contribution in [0.2, 0.25) is 0 Å². The Labute approximate surface area is 216 Å². The van der Waals surface area contributed by atoms with Gasteiger partial charge in [-0.15, -0.1) is 0 Å². The molecule has 1 aromatic carbocycles. The molecule has 3 N–H and O–H groups in total. The van der Waals surface area contributed by atoms with Crippen LogP contribution in [-0.2, 0) is 13.6 Å². The standard InChI is InChI=1S/C29H32N6O2/c1-29(2,37)18-6-5-12-35(17-18)19-9-10-25(30-14-19)33-23-16-31-27(22-15-32-28(36)26(22)23)21-7-4-8-24-20(21)11-13-34(24)3/h4,7-11,13-14,16,18,37H,5-6,12,15,17H2,1-3H3,(H,30,33)(H,32,36)/t18-/m1/s1. The summed E-state index contributed by atoms with van der Waals surface area (Å²) in [6.07, 6.45) is 7.70. The Bertz CT molecular complexity index is 1490. The summed E-state index contributed by atoms with van der Waals surface area (Å²) in [5, 5.41) is 17.9. The van der Waals surface area contributed by atoms with Gasteiger partial charge in [0.2, 0.25) is 0 Å². The Balaban J connectivity index is 1.28. The number of carbonyl (C=O) groups is 1. The molecular weight excluding hydrogens is 464 g/mol. The molecule has 0 radical (unpaired) electrons. The van der Waals surface area contributed by atoms with E-state index in [1.54, 1.807) is 6.20 Å². The molecule has 8 heteroatoms. The smallest absolute Gasteiger partial charge is 0.254 e. The number of rotatable bonds is 5. The van der Waals surface area contributed by atoms with Crippen LogP contribution in [0, 0.1) is 5.92 Å². The molecular formula is C29H32N6O2. The van der Waals surface area contributed by atoms with Crippen molar-refractivity contribution in [2.45, 2.75) is 38.8 Å². The van der Waals surface area contributed by atoms with E-state index in [-0.39, 0.29) is 11.8 Å². The molecule has 0 bridgehead atoms. The number of hydrogen-bond donors (Lipinski definition) is 3. The van der Waals surface area contributed by atoms with Crippen LogP contribution >= 0.6 is 0 Å². The highest BCUT2D eigenvalue weighted by molar-refractivity contribution is 6.07. The van der Waals surface area contributed by atoms with Gasteiger partial charge in [-0.25, -0.2) is 4.98 Å². The van der Waals surface area contributed by atoms with Gasteiger partial charge < -0.3 is 25.2 Å². The number of benzene rings is 1. The van der Waals surface area contributed by atoms with Crippen molar-refractivity contribution in [2.24, 2.45) is 13.0 Å². The lowest BCUT2D eigenvalue weighted by Crippen LogP contribution is -2.44. The number of aromatic nitrogens is 3. The molecule has 0 unspecified atom stereocenters. The van der Waals surface area contributed by atoms with Crippen LogP contribution < -0.4 is 15.5 Å². The topological polar surface area (TPSA) is 95.3 Å². The van der Waals surface area contributed by atoms with Crippen molar-refractivity contribution in [2.75, 3.05) is 23.3 Å². The Morgan fingerprint density at radius 1 is 1.14 bits per heavy atom. The minimum atomic E-state index is -0.695. The van der Waals surface area contributed by atoms with Crippen LogP contribution in [0.1, 0.15) is 42.6 Å². The zero-order chi connectivity index (χ0) is 25.7. The highest BCUT2D eigenvalue weighted by atomic mass is 16.3. The summed E-state index contributed by atoms with van der Waals surface area (Å²) in [6, 6.07) is 12.2.